The minimum atomic E-state index is -0.280. The fourth-order valence-corrected chi connectivity index (χ4v) is 10.4. The minimum Gasteiger partial charge on any atom is -0.308 e. The molecule has 0 atom stereocenters. The van der Waals surface area contributed by atoms with Crippen LogP contribution in [0.1, 0.15) is 25.0 Å². The minimum absolute atomic E-state index is 0.280. The predicted molar refractivity (Wildman–Crippen MR) is 277 cm³/mol. The van der Waals surface area contributed by atoms with Gasteiger partial charge in [-0.15, -0.1) is 0 Å². The third-order valence-corrected chi connectivity index (χ3v) is 13.6. The van der Waals surface area contributed by atoms with Crippen molar-refractivity contribution < 1.29 is 0 Å². The molecule has 1 aliphatic rings. The summed E-state index contributed by atoms with van der Waals surface area (Å²) >= 11 is 0. The smallest absolute Gasteiger partial charge is 0.0781 e. The quantitative estimate of drug-likeness (QED) is 0.158. The van der Waals surface area contributed by atoms with Crippen LogP contribution in [-0.4, -0.2) is 0 Å². The Morgan fingerprint density at radius 3 is 1.48 bits per heavy atom. The van der Waals surface area contributed by atoms with Gasteiger partial charge in [0.1, 0.15) is 0 Å². The lowest BCUT2D eigenvalue weighted by atomic mass is 9.72. The third kappa shape index (κ3) is 6.49. The second-order valence-corrected chi connectivity index (χ2v) is 17.7. The molecule has 2 nitrogen and oxygen atoms in total. The molecule has 0 bridgehead atoms. The number of fused-ring (bicyclic) bond motifs is 5. The van der Waals surface area contributed by atoms with Gasteiger partial charge in [-0.05, 0) is 120 Å². The van der Waals surface area contributed by atoms with Gasteiger partial charge in [0.2, 0.25) is 0 Å². The molecule has 11 aromatic rings. The van der Waals surface area contributed by atoms with Crippen LogP contribution in [-0.2, 0) is 5.41 Å². The van der Waals surface area contributed by atoms with Crippen LogP contribution in [0.4, 0.5) is 34.1 Å². The van der Waals surface area contributed by atoms with E-state index in [0.29, 0.717) is 0 Å². The molecule has 0 aromatic heterocycles. The van der Waals surface area contributed by atoms with Crippen molar-refractivity contribution in [2.75, 3.05) is 9.80 Å². The summed E-state index contributed by atoms with van der Waals surface area (Å²) in [6.45, 7) is 4.77. The molecule has 11 aromatic carbocycles. The Kier molecular flexibility index (Phi) is 9.21. The largest absolute Gasteiger partial charge is 0.308 e. The van der Waals surface area contributed by atoms with Gasteiger partial charge >= 0.3 is 0 Å². The van der Waals surface area contributed by atoms with Crippen molar-refractivity contribution in [2.45, 2.75) is 19.3 Å². The molecule has 1 heterocycles. The van der Waals surface area contributed by atoms with Crippen molar-refractivity contribution in [3.63, 3.8) is 0 Å². The Labute approximate surface area is 380 Å². The summed E-state index contributed by atoms with van der Waals surface area (Å²) in [6, 6.07) is 89.1. The van der Waals surface area contributed by atoms with Gasteiger partial charge in [-0.3, -0.25) is 0 Å². The lowest BCUT2D eigenvalue weighted by Gasteiger charge is -2.44. The van der Waals surface area contributed by atoms with E-state index in [9.17, 15) is 0 Å². The molecule has 0 saturated carbocycles. The zero-order chi connectivity index (χ0) is 43.5. The van der Waals surface area contributed by atoms with Crippen LogP contribution in [0.25, 0.3) is 65.7 Å². The molecule has 0 spiro atoms. The standard InChI is InChI=1S/C63H46N2/c1-63(2)57-28-12-13-29-59(57)65(60-40-35-49(42-58(60)63)55-27-15-22-46-19-7-10-24-53(46)55)62-56-25-11-8-20-47(56)34-41-61(62)64(50-36-30-44(31-37-50)43-16-4-3-5-17-43)51-38-32-48(33-39-51)54-26-14-21-45-18-6-9-23-52(45)54/h3-42H,1-2H3. The Bertz CT molecular complexity index is 3560. The first-order valence-corrected chi connectivity index (χ1v) is 22.6. The van der Waals surface area contributed by atoms with Crippen LogP contribution >= 0.6 is 0 Å². The maximum Gasteiger partial charge on any atom is 0.0781 e. The summed E-state index contributed by atoms with van der Waals surface area (Å²) in [5.41, 5.74) is 16.3. The van der Waals surface area contributed by atoms with E-state index in [4.69, 9.17) is 0 Å². The molecule has 12 rings (SSSR count). The summed E-state index contributed by atoms with van der Waals surface area (Å²) in [7, 11) is 0. The predicted octanol–water partition coefficient (Wildman–Crippen LogP) is 17.7. The van der Waals surface area contributed by atoms with Gasteiger partial charge in [-0.1, -0.05) is 208 Å². The maximum absolute atomic E-state index is 2.55. The van der Waals surface area contributed by atoms with Gasteiger partial charge in [0.05, 0.1) is 22.7 Å². The average molecular weight is 831 g/mol. The van der Waals surface area contributed by atoms with Crippen molar-refractivity contribution >= 4 is 66.4 Å². The fraction of sp³-hybridized carbons (Fsp3) is 0.0476. The fourth-order valence-electron chi connectivity index (χ4n) is 10.4. The molecular weight excluding hydrogens is 785 g/mol. The lowest BCUT2D eigenvalue weighted by Crippen LogP contribution is -2.31. The second kappa shape index (κ2) is 15.6. The Hall–Kier alpha value is -8.20. The van der Waals surface area contributed by atoms with Gasteiger partial charge in [0, 0.05) is 22.2 Å². The molecule has 0 saturated heterocycles. The molecule has 1 aliphatic heterocycles. The van der Waals surface area contributed by atoms with E-state index in [-0.39, 0.29) is 5.41 Å². The summed E-state index contributed by atoms with van der Waals surface area (Å²) in [6.07, 6.45) is 0. The highest BCUT2D eigenvalue weighted by molar-refractivity contribution is 6.09. The molecule has 0 amide bonds. The van der Waals surface area contributed by atoms with Gasteiger partial charge < -0.3 is 9.80 Å². The van der Waals surface area contributed by atoms with Crippen molar-refractivity contribution in [3.05, 3.63) is 254 Å². The first-order valence-electron chi connectivity index (χ1n) is 22.6. The molecule has 2 heteroatoms. The first-order chi connectivity index (χ1) is 32.0. The van der Waals surface area contributed by atoms with E-state index in [1.165, 1.54) is 88.2 Å². The number of anilines is 6. The van der Waals surface area contributed by atoms with Crippen LogP contribution in [0.5, 0.6) is 0 Å². The van der Waals surface area contributed by atoms with Gasteiger partial charge in [-0.2, -0.15) is 0 Å². The van der Waals surface area contributed by atoms with E-state index < -0.39 is 0 Å². The highest BCUT2D eigenvalue weighted by Crippen LogP contribution is 2.57. The normalized spacial score (nSPS) is 12.9. The summed E-state index contributed by atoms with van der Waals surface area (Å²) in [4.78, 5) is 5.01. The summed E-state index contributed by atoms with van der Waals surface area (Å²) in [5.74, 6) is 0. The lowest BCUT2D eigenvalue weighted by molar-refractivity contribution is 0.632. The SMILES string of the molecule is CC1(C)c2ccccc2N(c2c(N(c3ccc(-c4ccccc4)cc3)c3ccc(-c4cccc5ccccc45)cc3)ccc3ccccc23)c2ccc(-c3cccc4ccccc34)cc21. The zero-order valence-corrected chi connectivity index (χ0v) is 36.5. The van der Waals surface area contributed by atoms with Crippen LogP contribution < -0.4 is 9.80 Å². The van der Waals surface area contributed by atoms with Crippen LogP contribution in [0.3, 0.4) is 0 Å². The van der Waals surface area contributed by atoms with Crippen molar-refractivity contribution in [1.82, 2.24) is 0 Å². The van der Waals surface area contributed by atoms with Gasteiger partial charge in [-0.25, -0.2) is 0 Å². The topological polar surface area (TPSA) is 6.48 Å². The molecule has 0 unspecified atom stereocenters. The first kappa shape index (κ1) is 38.5. The highest BCUT2D eigenvalue weighted by atomic mass is 15.2. The van der Waals surface area contributed by atoms with Crippen molar-refractivity contribution in [3.8, 4) is 33.4 Å². The Morgan fingerprint density at radius 1 is 0.338 bits per heavy atom. The molecule has 0 radical (unpaired) electrons. The van der Waals surface area contributed by atoms with Crippen LogP contribution in [0.2, 0.25) is 0 Å². The van der Waals surface area contributed by atoms with E-state index in [0.717, 1.165) is 22.7 Å². The number of benzene rings is 11. The number of hydrogen-bond acceptors (Lipinski definition) is 2. The summed E-state index contributed by atoms with van der Waals surface area (Å²) in [5, 5.41) is 7.37. The van der Waals surface area contributed by atoms with Crippen molar-refractivity contribution in [2.24, 2.45) is 0 Å². The zero-order valence-electron chi connectivity index (χ0n) is 36.5. The molecule has 0 aliphatic carbocycles. The highest BCUT2D eigenvalue weighted by Gasteiger charge is 2.39. The molecular formula is C63H46N2. The molecule has 0 fully saturated rings. The van der Waals surface area contributed by atoms with E-state index >= 15 is 0 Å². The number of hydrogen-bond donors (Lipinski definition) is 0. The molecule has 308 valence electrons. The monoisotopic (exact) mass is 830 g/mol. The average Bonchev–Trinajstić information content (AvgIpc) is 3.37. The van der Waals surface area contributed by atoms with E-state index in [1.807, 2.05) is 0 Å². The molecule has 0 N–H and O–H groups in total. The van der Waals surface area contributed by atoms with Gasteiger partial charge in [0.15, 0.2) is 0 Å². The van der Waals surface area contributed by atoms with E-state index in [1.54, 1.807) is 0 Å². The number of para-hydroxylation sites is 1. The van der Waals surface area contributed by atoms with Gasteiger partial charge in [0.25, 0.3) is 0 Å². The Morgan fingerprint density at radius 2 is 0.815 bits per heavy atom. The molecule has 65 heavy (non-hydrogen) atoms. The van der Waals surface area contributed by atoms with Crippen LogP contribution in [0.15, 0.2) is 243 Å². The number of nitrogens with zero attached hydrogens (tertiary/aromatic N) is 2. The number of rotatable bonds is 7. The van der Waals surface area contributed by atoms with Crippen LogP contribution in [0, 0.1) is 0 Å². The third-order valence-electron chi connectivity index (χ3n) is 13.6. The Balaban J connectivity index is 1.09. The maximum atomic E-state index is 2.55. The second-order valence-electron chi connectivity index (χ2n) is 17.7. The van der Waals surface area contributed by atoms with E-state index in [2.05, 4.69) is 266 Å². The van der Waals surface area contributed by atoms with Crippen molar-refractivity contribution in [1.29, 1.82) is 0 Å². The summed E-state index contributed by atoms with van der Waals surface area (Å²) < 4.78 is 0.